The van der Waals surface area contributed by atoms with Gasteiger partial charge in [-0.15, -0.1) is 0 Å². The largest absolute Gasteiger partial charge is 0.311 e. The SMILES string of the molecule is Cc1cn[nH]c1NC(=O)C1CCc2ccccc2C1. The fraction of sp³-hybridized carbons (Fsp3) is 0.333. The molecule has 1 aromatic carbocycles. The van der Waals surface area contributed by atoms with E-state index in [2.05, 4.69) is 33.7 Å². The molecule has 0 saturated carbocycles. The molecule has 0 spiro atoms. The van der Waals surface area contributed by atoms with Crippen LogP contribution in [0.2, 0.25) is 0 Å². The zero-order chi connectivity index (χ0) is 13.2. The Balaban J connectivity index is 1.71. The number of H-pyrrole nitrogens is 1. The van der Waals surface area contributed by atoms with Crippen molar-refractivity contribution in [2.24, 2.45) is 5.92 Å². The van der Waals surface area contributed by atoms with Gasteiger partial charge in [0.25, 0.3) is 0 Å². The van der Waals surface area contributed by atoms with Crippen molar-refractivity contribution in [3.8, 4) is 0 Å². The number of carbonyl (C=O) groups excluding carboxylic acids is 1. The standard InChI is InChI=1S/C15H17N3O/c1-10-9-16-18-14(10)17-15(19)13-7-6-11-4-2-3-5-12(11)8-13/h2-5,9,13H,6-8H2,1H3,(H2,16,17,18,19). The smallest absolute Gasteiger partial charge is 0.228 e. The molecule has 0 bridgehead atoms. The maximum absolute atomic E-state index is 12.3. The first-order valence-corrected chi connectivity index (χ1v) is 6.61. The van der Waals surface area contributed by atoms with Crippen LogP contribution in [-0.2, 0) is 17.6 Å². The number of aromatic amines is 1. The molecule has 1 aliphatic rings. The van der Waals surface area contributed by atoms with Gasteiger partial charge >= 0.3 is 0 Å². The fourth-order valence-electron chi connectivity index (χ4n) is 2.62. The van der Waals surface area contributed by atoms with Crippen molar-refractivity contribution in [3.05, 3.63) is 47.2 Å². The molecule has 1 aromatic heterocycles. The number of anilines is 1. The monoisotopic (exact) mass is 255 g/mol. The molecule has 0 saturated heterocycles. The van der Waals surface area contributed by atoms with Gasteiger partial charge in [0.2, 0.25) is 5.91 Å². The Hall–Kier alpha value is -2.10. The highest BCUT2D eigenvalue weighted by molar-refractivity contribution is 5.92. The molecule has 0 fully saturated rings. The van der Waals surface area contributed by atoms with Crippen LogP contribution >= 0.6 is 0 Å². The molecular weight excluding hydrogens is 238 g/mol. The molecule has 3 rings (SSSR count). The van der Waals surface area contributed by atoms with Crippen LogP contribution in [-0.4, -0.2) is 16.1 Å². The summed E-state index contributed by atoms with van der Waals surface area (Å²) in [6.07, 6.45) is 4.44. The highest BCUT2D eigenvalue weighted by Gasteiger charge is 2.24. The quantitative estimate of drug-likeness (QED) is 0.866. The van der Waals surface area contributed by atoms with Crippen LogP contribution in [0.25, 0.3) is 0 Å². The summed E-state index contributed by atoms with van der Waals surface area (Å²) in [6.45, 7) is 1.93. The van der Waals surface area contributed by atoms with Gasteiger partial charge in [-0.25, -0.2) is 0 Å². The van der Waals surface area contributed by atoms with E-state index in [9.17, 15) is 4.79 Å². The maximum Gasteiger partial charge on any atom is 0.228 e. The van der Waals surface area contributed by atoms with Gasteiger partial charge in [0, 0.05) is 11.5 Å². The summed E-state index contributed by atoms with van der Waals surface area (Å²) in [5.41, 5.74) is 3.64. The van der Waals surface area contributed by atoms with E-state index in [4.69, 9.17) is 0 Å². The van der Waals surface area contributed by atoms with E-state index >= 15 is 0 Å². The number of nitrogens with zero attached hydrogens (tertiary/aromatic N) is 1. The number of aryl methyl sites for hydroxylation is 2. The van der Waals surface area contributed by atoms with Crippen molar-refractivity contribution in [1.82, 2.24) is 10.2 Å². The highest BCUT2D eigenvalue weighted by Crippen LogP contribution is 2.26. The van der Waals surface area contributed by atoms with Crippen molar-refractivity contribution in [2.75, 3.05) is 5.32 Å². The third kappa shape index (κ3) is 2.38. The van der Waals surface area contributed by atoms with Crippen LogP contribution in [0, 0.1) is 12.8 Å². The lowest BCUT2D eigenvalue weighted by Crippen LogP contribution is -2.28. The van der Waals surface area contributed by atoms with E-state index in [1.807, 2.05) is 13.0 Å². The molecule has 1 heterocycles. The minimum atomic E-state index is 0.0533. The summed E-state index contributed by atoms with van der Waals surface area (Å²) in [4.78, 5) is 12.3. The number of aromatic nitrogens is 2. The van der Waals surface area contributed by atoms with Crippen molar-refractivity contribution >= 4 is 11.7 Å². The average molecular weight is 255 g/mol. The summed E-state index contributed by atoms with van der Waals surface area (Å²) in [6, 6.07) is 8.38. The molecule has 4 nitrogen and oxygen atoms in total. The van der Waals surface area contributed by atoms with Gasteiger partial charge < -0.3 is 5.32 Å². The van der Waals surface area contributed by atoms with E-state index < -0.39 is 0 Å². The summed E-state index contributed by atoms with van der Waals surface area (Å²) in [5.74, 6) is 0.850. The molecule has 0 aliphatic heterocycles. The number of rotatable bonds is 2. The van der Waals surface area contributed by atoms with Crippen molar-refractivity contribution in [1.29, 1.82) is 0 Å². The molecule has 1 unspecified atom stereocenters. The molecule has 1 aliphatic carbocycles. The van der Waals surface area contributed by atoms with E-state index in [-0.39, 0.29) is 11.8 Å². The van der Waals surface area contributed by atoms with Gasteiger partial charge in [-0.05, 0) is 37.3 Å². The Bertz CT molecular complexity index is 603. The molecule has 19 heavy (non-hydrogen) atoms. The molecule has 4 heteroatoms. The van der Waals surface area contributed by atoms with E-state index in [0.717, 1.165) is 24.8 Å². The summed E-state index contributed by atoms with van der Waals surface area (Å²) < 4.78 is 0. The lowest BCUT2D eigenvalue weighted by molar-refractivity contribution is -0.120. The lowest BCUT2D eigenvalue weighted by Gasteiger charge is -2.23. The third-order valence-corrected chi connectivity index (χ3v) is 3.79. The zero-order valence-corrected chi connectivity index (χ0v) is 10.9. The Morgan fingerprint density at radius 2 is 2.16 bits per heavy atom. The Kier molecular flexibility index (Phi) is 3.07. The van der Waals surface area contributed by atoms with E-state index in [1.54, 1.807) is 6.20 Å². The summed E-state index contributed by atoms with van der Waals surface area (Å²) >= 11 is 0. The highest BCUT2D eigenvalue weighted by atomic mass is 16.1. The van der Waals surface area contributed by atoms with Gasteiger partial charge in [-0.2, -0.15) is 5.10 Å². The first kappa shape index (κ1) is 12.0. The van der Waals surface area contributed by atoms with Crippen LogP contribution in [0.5, 0.6) is 0 Å². The van der Waals surface area contributed by atoms with Crippen molar-refractivity contribution in [3.63, 3.8) is 0 Å². The van der Waals surface area contributed by atoms with Gasteiger partial charge in [-0.1, -0.05) is 24.3 Å². The minimum absolute atomic E-state index is 0.0533. The number of fused-ring (bicyclic) bond motifs is 1. The molecule has 1 amide bonds. The molecule has 2 N–H and O–H groups in total. The predicted molar refractivity (Wildman–Crippen MR) is 73.9 cm³/mol. The van der Waals surface area contributed by atoms with Crippen LogP contribution in [0.3, 0.4) is 0 Å². The molecule has 98 valence electrons. The number of amides is 1. The van der Waals surface area contributed by atoms with E-state index in [1.165, 1.54) is 11.1 Å². The molecular formula is C15H17N3O. The first-order chi connectivity index (χ1) is 9.24. The zero-order valence-electron chi connectivity index (χ0n) is 10.9. The fourth-order valence-corrected chi connectivity index (χ4v) is 2.62. The summed E-state index contributed by atoms with van der Waals surface area (Å²) in [7, 11) is 0. The van der Waals surface area contributed by atoms with Crippen LogP contribution in [0.15, 0.2) is 30.5 Å². The molecule has 0 radical (unpaired) electrons. The van der Waals surface area contributed by atoms with E-state index in [0.29, 0.717) is 5.82 Å². The normalized spacial score (nSPS) is 17.8. The van der Waals surface area contributed by atoms with Crippen LogP contribution in [0.1, 0.15) is 23.1 Å². The minimum Gasteiger partial charge on any atom is -0.311 e. The average Bonchev–Trinajstić information content (AvgIpc) is 2.84. The topological polar surface area (TPSA) is 57.8 Å². The van der Waals surface area contributed by atoms with Gasteiger partial charge in [0.1, 0.15) is 5.82 Å². The van der Waals surface area contributed by atoms with Crippen LogP contribution < -0.4 is 5.32 Å². The predicted octanol–water partition coefficient (Wildman–Crippen LogP) is 2.46. The Morgan fingerprint density at radius 1 is 1.37 bits per heavy atom. The molecule has 1 atom stereocenters. The van der Waals surface area contributed by atoms with Crippen molar-refractivity contribution < 1.29 is 4.79 Å². The number of hydrogen-bond acceptors (Lipinski definition) is 2. The number of benzene rings is 1. The van der Waals surface area contributed by atoms with Crippen LogP contribution in [0.4, 0.5) is 5.82 Å². The lowest BCUT2D eigenvalue weighted by atomic mass is 9.83. The second kappa shape index (κ2) is 4.88. The maximum atomic E-state index is 12.3. The second-order valence-electron chi connectivity index (χ2n) is 5.13. The number of hydrogen-bond donors (Lipinski definition) is 2. The molecule has 2 aromatic rings. The Morgan fingerprint density at radius 3 is 2.89 bits per heavy atom. The number of nitrogens with one attached hydrogen (secondary N) is 2. The van der Waals surface area contributed by atoms with Gasteiger partial charge in [0.05, 0.1) is 6.20 Å². The third-order valence-electron chi connectivity index (χ3n) is 3.79. The van der Waals surface area contributed by atoms with Gasteiger partial charge in [0.15, 0.2) is 0 Å². The van der Waals surface area contributed by atoms with Crippen molar-refractivity contribution in [2.45, 2.75) is 26.2 Å². The first-order valence-electron chi connectivity index (χ1n) is 6.61. The summed E-state index contributed by atoms with van der Waals surface area (Å²) in [5, 5.41) is 9.66. The second-order valence-corrected chi connectivity index (χ2v) is 5.13. The van der Waals surface area contributed by atoms with Gasteiger partial charge in [-0.3, -0.25) is 9.89 Å². The number of carbonyl (C=O) groups is 1. The Labute approximate surface area is 112 Å².